The summed E-state index contributed by atoms with van der Waals surface area (Å²) < 4.78 is 1.57. The van der Waals surface area contributed by atoms with Crippen molar-refractivity contribution >= 4 is 5.69 Å². The first-order valence-electron chi connectivity index (χ1n) is 5.61. The molecule has 0 saturated heterocycles. The highest BCUT2D eigenvalue weighted by molar-refractivity contribution is 5.41. The number of nitrogens with one attached hydrogen (secondary N) is 1. The number of aromatic nitrogens is 1. The van der Waals surface area contributed by atoms with Crippen LogP contribution in [-0.2, 0) is 13.6 Å². The van der Waals surface area contributed by atoms with E-state index in [0.717, 1.165) is 12.2 Å². The molecule has 1 aromatic heterocycles. The fraction of sp³-hybridized carbons (Fsp3) is 0.214. The lowest BCUT2D eigenvalue weighted by Crippen LogP contribution is -2.15. The summed E-state index contributed by atoms with van der Waals surface area (Å²) in [6.07, 6.45) is 1.80. The van der Waals surface area contributed by atoms with Gasteiger partial charge in [-0.2, -0.15) is 0 Å². The lowest BCUT2D eigenvalue weighted by Gasteiger charge is -2.08. The molecule has 0 bridgehead atoms. The van der Waals surface area contributed by atoms with E-state index in [4.69, 9.17) is 0 Å². The van der Waals surface area contributed by atoms with E-state index in [2.05, 4.69) is 30.4 Å². The fourth-order valence-electron chi connectivity index (χ4n) is 1.72. The molecule has 1 heterocycles. The molecule has 2 aromatic rings. The van der Waals surface area contributed by atoms with Gasteiger partial charge >= 0.3 is 0 Å². The molecule has 0 spiro atoms. The number of hydrogen-bond donors (Lipinski definition) is 1. The number of aryl methyl sites for hydroxylation is 2. The SMILES string of the molecule is Cc1cccc(CNc2ccc(=O)n(C)c2)c1. The smallest absolute Gasteiger partial charge is 0.250 e. The van der Waals surface area contributed by atoms with Crippen molar-refractivity contribution < 1.29 is 0 Å². The number of nitrogens with zero attached hydrogens (tertiary/aromatic N) is 1. The van der Waals surface area contributed by atoms with Crippen molar-refractivity contribution in [1.29, 1.82) is 0 Å². The Morgan fingerprint density at radius 2 is 2.06 bits per heavy atom. The quantitative estimate of drug-likeness (QED) is 0.874. The second kappa shape index (κ2) is 4.87. The van der Waals surface area contributed by atoms with Crippen molar-refractivity contribution in [3.8, 4) is 0 Å². The predicted octanol–water partition coefficient (Wildman–Crippen LogP) is 2.31. The van der Waals surface area contributed by atoms with Crippen molar-refractivity contribution in [1.82, 2.24) is 4.57 Å². The molecule has 0 aliphatic heterocycles. The molecule has 0 unspecified atom stereocenters. The van der Waals surface area contributed by atoms with Gasteiger partial charge in [-0.05, 0) is 18.6 Å². The Kier molecular flexibility index (Phi) is 3.28. The van der Waals surface area contributed by atoms with E-state index in [0.29, 0.717) is 0 Å². The summed E-state index contributed by atoms with van der Waals surface area (Å²) in [5.41, 5.74) is 3.45. The molecule has 2 rings (SSSR count). The summed E-state index contributed by atoms with van der Waals surface area (Å²) in [4.78, 5) is 11.2. The molecule has 0 aliphatic carbocycles. The van der Waals surface area contributed by atoms with Crippen LogP contribution in [0.3, 0.4) is 0 Å². The highest BCUT2D eigenvalue weighted by Gasteiger charge is 1.96. The molecule has 0 atom stereocenters. The Morgan fingerprint density at radius 1 is 1.24 bits per heavy atom. The maximum Gasteiger partial charge on any atom is 0.250 e. The highest BCUT2D eigenvalue weighted by atomic mass is 16.1. The zero-order valence-corrected chi connectivity index (χ0v) is 10.1. The van der Waals surface area contributed by atoms with Crippen molar-refractivity contribution in [2.24, 2.45) is 7.05 Å². The predicted molar refractivity (Wildman–Crippen MR) is 70.2 cm³/mol. The van der Waals surface area contributed by atoms with Crippen LogP contribution in [0.2, 0.25) is 0 Å². The molecule has 0 saturated carbocycles. The van der Waals surface area contributed by atoms with Crippen LogP contribution in [0.1, 0.15) is 11.1 Å². The largest absolute Gasteiger partial charge is 0.380 e. The Hall–Kier alpha value is -2.03. The molecule has 0 fully saturated rings. The van der Waals surface area contributed by atoms with Gasteiger partial charge in [-0.3, -0.25) is 4.79 Å². The molecule has 17 heavy (non-hydrogen) atoms. The van der Waals surface area contributed by atoms with Crippen LogP contribution in [0.5, 0.6) is 0 Å². The molecule has 3 nitrogen and oxygen atoms in total. The van der Waals surface area contributed by atoms with Crippen molar-refractivity contribution in [2.45, 2.75) is 13.5 Å². The van der Waals surface area contributed by atoms with Gasteiger partial charge in [-0.25, -0.2) is 0 Å². The van der Waals surface area contributed by atoms with Crippen LogP contribution < -0.4 is 10.9 Å². The maximum atomic E-state index is 11.2. The van der Waals surface area contributed by atoms with Gasteiger partial charge in [0.05, 0.1) is 5.69 Å². The van der Waals surface area contributed by atoms with Gasteiger partial charge in [0.25, 0.3) is 0 Å². The molecule has 88 valence electrons. The van der Waals surface area contributed by atoms with E-state index in [9.17, 15) is 4.79 Å². The van der Waals surface area contributed by atoms with Crippen LogP contribution in [0.25, 0.3) is 0 Å². The Balaban J connectivity index is 2.07. The summed E-state index contributed by atoms with van der Waals surface area (Å²) in [6, 6.07) is 11.7. The average Bonchev–Trinajstić information content (AvgIpc) is 2.31. The normalized spacial score (nSPS) is 10.2. The fourth-order valence-corrected chi connectivity index (χ4v) is 1.72. The Morgan fingerprint density at radius 3 is 2.76 bits per heavy atom. The number of pyridine rings is 1. The van der Waals surface area contributed by atoms with Gasteiger partial charge in [-0.15, -0.1) is 0 Å². The maximum absolute atomic E-state index is 11.2. The van der Waals surface area contributed by atoms with Crippen LogP contribution in [0.4, 0.5) is 5.69 Å². The van der Waals surface area contributed by atoms with Gasteiger partial charge in [-0.1, -0.05) is 29.8 Å². The third-order valence-corrected chi connectivity index (χ3v) is 2.66. The highest BCUT2D eigenvalue weighted by Crippen LogP contribution is 2.08. The first-order valence-corrected chi connectivity index (χ1v) is 5.61. The Labute approximate surface area is 101 Å². The number of benzene rings is 1. The second-order valence-electron chi connectivity index (χ2n) is 4.21. The molecule has 0 radical (unpaired) electrons. The standard InChI is InChI=1S/C14H16N2O/c1-11-4-3-5-12(8-11)9-15-13-6-7-14(17)16(2)10-13/h3-8,10,15H,9H2,1-2H3. The van der Waals surface area contributed by atoms with E-state index < -0.39 is 0 Å². The number of rotatable bonds is 3. The number of anilines is 1. The van der Waals surface area contributed by atoms with Crippen LogP contribution >= 0.6 is 0 Å². The molecular weight excluding hydrogens is 212 g/mol. The van der Waals surface area contributed by atoms with E-state index in [-0.39, 0.29) is 5.56 Å². The van der Waals surface area contributed by atoms with Crippen molar-refractivity contribution in [3.63, 3.8) is 0 Å². The van der Waals surface area contributed by atoms with E-state index >= 15 is 0 Å². The lowest BCUT2D eigenvalue weighted by molar-refractivity contribution is 0.859. The first kappa shape index (κ1) is 11.5. The molecule has 1 N–H and O–H groups in total. The van der Waals surface area contributed by atoms with Crippen LogP contribution in [-0.4, -0.2) is 4.57 Å². The monoisotopic (exact) mass is 228 g/mol. The summed E-state index contributed by atoms with van der Waals surface area (Å²) in [7, 11) is 1.75. The van der Waals surface area contributed by atoms with E-state index in [1.807, 2.05) is 6.07 Å². The first-order chi connectivity index (χ1) is 8.15. The van der Waals surface area contributed by atoms with Crippen molar-refractivity contribution in [3.05, 3.63) is 64.1 Å². The lowest BCUT2D eigenvalue weighted by atomic mass is 10.1. The minimum absolute atomic E-state index is 0.00565. The van der Waals surface area contributed by atoms with Crippen molar-refractivity contribution in [2.75, 3.05) is 5.32 Å². The van der Waals surface area contributed by atoms with Crippen LogP contribution in [0, 0.1) is 6.92 Å². The summed E-state index contributed by atoms with van der Waals surface area (Å²) in [6.45, 7) is 2.84. The minimum Gasteiger partial charge on any atom is -0.380 e. The van der Waals surface area contributed by atoms with Gasteiger partial charge in [0.15, 0.2) is 0 Å². The summed E-state index contributed by atoms with van der Waals surface area (Å²) in [5.74, 6) is 0. The molecule has 0 amide bonds. The van der Waals surface area contributed by atoms with Crippen LogP contribution in [0.15, 0.2) is 47.4 Å². The molecule has 1 aromatic carbocycles. The number of hydrogen-bond acceptors (Lipinski definition) is 2. The average molecular weight is 228 g/mol. The van der Waals surface area contributed by atoms with Gasteiger partial charge in [0, 0.05) is 25.9 Å². The second-order valence-corrected chi connectivity index (χ2v) is 4.21. The molecular formula is C14H16N2O. The van der Waals surface area contributed by atoms with Gasteiger partial charge in [0.1, 0.15) is 0 Å². The molecule has 0 aliphatic rings. The third-order valence-electron chi connectivity index (χ3n) is 2.66. The third kappa shape index (κ3) is 2.97. The van der Waals surface area contributed by atoms with Gasteiger partial charge in [0.2, 0.25) is 5.56 Å². The van der Waals surface area contributed by atoms with E-state index in [1.54, 1.807) is 29.9 Å². The summed E-state index contributed by atoms with van der Waals surface area (Å²) >= 11 is 0. The minimum atomic E-state index is 0.00565. The van der Waals surface area contributed by atoms with Gasteiger partial charge < -0.3 is 9.88 Å². The summed E-state index contributed by atoms with van der Waals surface area (Å²) in [5, 5.41) is 3.30. The zero-order valence-electron chi connectivity index (χ0n) is 10.1. The Bertz CT molecular complexity index is 572. The molecule has 3 heteroatoms. The topological polar surface area (TPSA) is 34.0 Å². The zero-order chi connectivity index (χ0) is 12.3. The van der Waals surface area contributed by atoms with E-state index in [1.165, 1.54) is 11.1 Å².